The molecular weight excluding hydrogens is 311 g/mol. The SMILES string of the molecule is Cc1ccc(C(Cl)c2ccc(Br)cc2F)s1. The average Bonchev–Trinajstić information content (AvgIpc) is 2.64. The van der Waals surface area contributed by atoms with Gasteiger partial charge in [-0.15, -0.1) is 22.9 Å². The molecule has 1 aromatic heterocycles. The standard InChI is InChI=1S/C12H9BrClFS/c1-7-2-5-11(16-7)12(14)9-4-3-8(13)6-10(9)15/h2-6,12H,1H3. The third-order valence-corrected chi connectivity index (χ3v) is 4.40. The van der Waals surface area contributed by atoms with Crippen LogP contribution in [-0.2, 0) is 0 Å². The van der Waals surface area contributed by atoms with Crippen LogP contribution in [0.5, 0.6) is 0 Å². The van der Waals surface area contributed by atoms with Crippen LogP contribution in [0.2, 0.25) is 0 Å². The summed E-state index contributed by atoms with van der Waals surface area (Å²) in [4.78, 5) is 2.15. The van der Waals surface area contributed by atoms with Crippen molar-refractivity contribution in [2.45, 2.75) is 12.3 Å². The van der Waals surface area contributed by atoms with E-state index in [4.69, 9.17) is 11.6 Å². The summed E-state index contributed by atoms with van der Waals surface area (Å²) in [5, 5.41) is -0.410. The van der Waals surface area contributed by atoms with E-state index < -0.39 is 5.38 Å². The van der Waals surface area contributed by atoms with Crippen molar-refractivity contribution in [3.8, 4) is 0 Å². The van der Waals surface area contributed by atoms with Crippen molar-refractivity contribution in [1.29, 1.82) is 0 Å². The van der Waals surface area contributed by atoms with E-state index in [1.807, 2.05) is 19.1 Å². The normalized spacial score (nSPS) is 12.8. The van der Waals surface area contributed by atoms with Crippen molar-refractivity contribution < 1.29 is 4.39 Å². The molecule has 0 saturated carbocycles. The second-order valence-corrected chi connectivity index (χ2v) is 6.15. The average molecular weight is 320 g/mol. The maximum absolute atomic E-state index is 13.7. The van der Waals surface area contributed by atoms with E-state index in [1.54, 1.807) is 23.5 Å². The van der Waals surface area contributed by atoms with E-state index in [2.05, 4.69) is 15.9 Å². The first-order chi connectivity index (χ1) is 7.58. The molecule has 1 unspecified atom stereocenters. The molecule has 0 bridgehead atoms. The summed E-state index contributed by atoms with van der Waals surface area (Å²) in [6, 6.07) is 8.89. The van der Waals surface area contributed by atoms with Gasteiger partial charge in [0.25, 0.3) is 0 Å². The quantitative estimate of drug-likeness (QED) is 0.660. The van der Waals surface area contributed by atoms with Crippen LogP contribution in [-0.4, -0.2) is 0 Å². The largest absolute Gasteiger partial charge is 0.207 e. The lowest BCUT2D eigenvalue weighted by molar-refractivity contribution is 0.612. The van der Waals surface area contributed by atoms with Gasteiger partial charge in [0.2, 0.25) is 0 Å². The number of rotatable bonds is 2. The molecule has 0 aliphatic rings. The minimum atomic E-state index is -0.410. The smallest absolute Gasteiger partial charge is 0.129 e. The first-order valence-electron chi connectivity index (χ1n) is 4.73. The zero-order chi connectivity index (χ0) is 11.7. The second kappa shape index (κ2) is 4.86. The molecule has 0 nitrogen and oxygen atoms in total. The van der Waals surface area contributed by atoms with Crippen LogP contribution in [0.4, 0.5) is 4.39 Å². The number of alkyl halides is 1. The molecule has 2 aromatic rings. The highest BCUT2D eigenvalue weighted by Crippen LogP contribution is 2.35. The molecule has 84 valence electrons. The van der Waals surface area contributed by atoms with Crippen molar-refractivity contribution in [3.05, 3.63) is 55.9 Å². The fraction of sp³-hybridized carbons (Fsp3) is 0.167. The van der Waals surface area contributed by atoms with Crippen molar-refractivity contribution in [2.24, 2.45) is 0 Å². The molecule has 2 rings (SSSR count). The molecular formula is C12H9BrClFS. The van der Waals surface area contributed by atoms with Crippen LogP contribution >= 0.6 is 38.9 Å². The van der Waals surface area contributed by atoms with Gasteiger partial charge in [-0.05, 0) is 31.2 Å². The Hall–Kier alpha value is -0.380. The van der Waals surface area contributed by atoms with Crippen LogP contribution in [0.25, 0.3) is 0 Å². The highest BCUT2D eigenvalue weighted by Gasteiger charge is 2.16. The van der Waals surface area contributed by atoms with Crippen LogP contribution in [0.15, 0.2) is 34.8 Å². The minimum Gasteiger partial charge on any atom is -0.207 e. The Morgan fingerprint density at radius 1 is 1.31 bits per heavy atom. The predicted octanol–water partition coefficient (Wildman–Crippen LogP) is 5.29. The molecule has 1 heterocycles. The lowest BCUT2D eigenvalue weighted by atomic mass is 10.1. The van der Waals surface area contributed by atoms with Crippen LogP contribution in [0.1, 0.15) is 20.7 Å². The second-order valence-electron chi connectivity index (χ2n) is 3.48. The highest BCUT2D eigenvalue weighted by atomic mass is 79.9. The number of benzene rings is 1. The van der Waals surface area contributed by atoms with Gasteiger partial charge in [-0.25, -0.2) is 4.39 Å². The Morgan fingerprint density at radius 2 is 2.06 bits per heavy atom. The number of thiophene rings is 1. The van der Waals surface area contributed by atoms with Crippen molar-refractivity contribution in [2.75, 3.05) is 0 Å². The van der Waals surface area contributed by atoms with E-state index in [0.717, 1.165) is 9.35 Å². The first-order valence-corrected chi connectivity index (χ1v) is 6.78. The summed E-state index contributed by atoms with van der Waals surface area (Å²) in [6.45, 7) is 2.01. The lowest BCUT2D eigenvalue weighted by Crippen LogP contribution is -1.94. The Labute approximate surface area is 111 Å². The topological polar surface area (TPSA) is 0 Å². The molecule has 0 aliphatic carbocycles. The van der Waals surface area contributed by atoms with Gasteiger partial charge in [-0.3, -0.25) is 0 Å². The summed E-state index contributed by atoms with van der Waals surface area (Å²) >= 11 is 11.1. The van der Waals surface area contributed by atoms with Gasteiger partial charge in [-0.2, -0.15) is 0 Å². The van der Waals surface area contributed by atoms with Crippen LogP contribution < -0.4 is 0 Å². The Kier molecular flexibility index (Phi) is 3.67. The van der Waals surface area contributed by atoms with Gasteiger partial charge in [-0.1, -0.05) is 22.0 Å². The van der Waals surface area contributed by atoms with Crippen LogP contribution in [0.3, 0.4) is 0 Å². The maximum Gasteiger partial charge on any atom is 0.129 e. The molecule has 0 saturated heterocycles. The van der Waals surface area contributed by atoms with Gasteiger partial charge in [0.05, 0.1) is 5.38 Å². The Morgan fingerprint density at radius 3 is 2.62 bits per heavy atom. The molecule has 0 radical (unpaired) electrons. The molecule has 0 fully saturated rings. The zero-order valence-corrected chi connectivity index (χ0v) is 11.7. The summed E-state index contributed by atoms with van der Waals surface area (Å²) in [5.41, 5.74) is 0.520. The van der Waals surface area contributed by atoms with Gasteiger partial charge in [0.15, 0.2) is 0 Å². The van der Waals surface area contributed by atoms with E-state index in [-0.39, 0.29) is 5.82 Å². The van der Waals surface area contributed by atoms with E-state index >= 15 is 0 Å². The van der Waals surface area contributed by atoms with E-state index in [9.17, 15) is 4.39 Å². The molecule has 0 N–H and O–H groups in total. The molecule has 1 atom stereocenters. The first kappa shape index (κ1) is 12.1. The predicted molar refractivity (Wildman–Crippen MR) is 70.9 cm³/mol. The molecule has 1 aromatic carbocycles. The van der Waals surface area contributed by atoms with Gasteiger partial charge in [0, 0.05) is 19.8 Å². The molecule has 4 heteroatoms. The van der Waals surface area contributed by atoms with Gasteiger partial charge >= 0.3 is 0 Å². The number of halogens is 3. The lowest BCUT2D eigenvalue weighted by Gasteiger charge is -2.09. The molecule has 0 amide bonds. The third kappa shape index (κ3) is 2.47. The molecule has 0 aliphatic heterocycles. The number of hydrogen-bond donors (Lipinski definition) is 0. The van der Waals surface area contributed by atoms with Gasteiger partial charge in [0.1, 0.15) is 5.82 Å². The highest BCUT2D eigenvalue weighted by molar-refractivity contribution is 9.10. The summed E-state index contributed by atoms with van der Waals surface area (Å²) in [6.07, 6.45) is 0. The monoisotopic (exact) mass is 318 g/mol. The summed E-state index contributed by atoms with van der Waals surface area (Å²) in [5.74, 6) is -0.277. The molecule has 0 spiro atoms. The van der Waals surface area contributed by atoms with Crippen molar-refractivity contribution in [1.82, 2.24) is 0 Å². The van der Waals surface area contributed by atoms with E-state index in [0.29, 0.717) is 5.56 Å². The van der Waals surface area contributed by atoms with Crippen molar-refractivity contribution in [3.63, 3.8) is 0 Å². The van der Waals surface area contributed by atoms with E-state index in [1.165, 1.54) is 10.9 Å². The van der Waals surface area contributed by atoms with Crippen LogP contribution in [0, 0.1) is 12.7 Å². The number of aryl methyl sites for hydroxylation is 1. The Bertz CT molecular complexity index is 509. The maximum atomic E-state index is 13.7. The fourth-order valence-corrected chi connectivity index (χ4v) is 3.04. The summed E-state index contributed by atoms with van der Waals surface area (Å²) in [7, 11) is 0. The minimum absolute atomic E-state index is 0.277. The number of hydrogen-bond acceptors (Lipinski definition) is 1. The third-order valence-electron chi connectivity index (χ3n) is 2.25. The Balaban J connectivity index is 2.37. The summed E-state index contributed by atoms with van der Waals surface area (Å²) < 4.78 is 14.4. The fourth-order valence-electron chi connectivity index (χ4n) is 1.45. The van der Waals surface area contributed by atoms with Gasteiger partial charge < -0.3 is 0 Å². The zero-order valence-electron chi connectivity index (χ0n) is 8.51. The molecule has 16 heavy (non-hydrogen) atoms. The van der Waals surface area contributed by atoms with Crippen molar-refractivity contribution >= 4 is 38.9 Å².